The monoisotopic (exact) mass is 280 g/mol. The fourth-order valence-corrected chi connectivity index (χ4v) is 1.97. The van der Waals surface area contributed by atoms with Crippen molar-refractivity contribution in [2.24, 2.45) is 0 Å². The van der Waals surface area contributed by atoms with Crippen LogP contribution in [0.5, 0.6) is 0 Å². The number of nitrogens with zero attached hydrogens (tertiary/aromatic N) is 3. The van der Waals surface area contributed by atoms with Crippen molar-refractivity contribution in [2.75, 3.05) is 52.5 Å². The lowest BCUT2D eigenvalue weighted by atomic mass is 10.3. The maximum atomic E-state index is 11.9. The zero-order valence-electron chi connectivity index (χ0n) is 12.4. The predicted octanol–water partition coefficient (Wildman–Crippen LogP) is 0.184. The molecule has 0 aliphatic carbocycles. The molecule has 1 aliphatic rings. The van der Waals surface area contributed by atoms with Crippen molar-refractivity contribution in [3.05, 3.63) is 11.8 Å². The Labute approximate surface area is 121 Å². The molecule has 0 radical (unpaired) electrons. The van der Waals surface area contributed by atoms with Crippen LogP contribution in [0.15, 0.2) is 11.8 Å². The Balaban J connectivity index is 2.37. The second-order valence-corrected chi connectivity index (χ2v) is 4.59. The minimum Gasteiger partial charge on any atom is -0.379 e. The van der Waals surface area contributed by atoms with Gasteiger partial charge in [-0.15, -0.1) is 0 Å². The lowest BCUT2D eigenvalue weighted by Gasteiger charge is -2.26. The number of ether oxygens (including phenoxy) is 1. The van der Waals surface area contributed by atoms with Crippen molar-refractivity contribution < 1.29 is 9.53 Å². The van der Waals surface area contributed by atoms with Gasteiger partial charge in [0.15, 0.2) is 0 Å². The summed E-state index contributed by atoms with van der Waals surface area (Å²) in [5.74, 6) is -0.298. The first kappa shape index (κ1) is 16.5. The van der Waals surface area contributed by atoms with E-state index in [9.17, 15) is 4.79 Å². The second kappa shape index (κ2) is 9.34. The van der Waals surface area contributed by atoms with Crippen LogP contribution < -0.4 is 5.32 Å². The van der Waals surface area contributed by atoms with E-state index in [0.717, 1.165) is 45.9 Å². The van der Waals surface area contributed by atoms with E-state index in [2.05, 4.69) is 10.2 Å². The highest BCUT2D eigenvalue weighted by Gasteiger charge is 2.12. The molecule has 0 bridgehead atoms. The summed E-state index contributed by atoms with van der Waals surface area (Å²) in [5, 5.41) is 11.8. The quantitative estimate of drug-likeness (QED) is 0.532. The van der Waals surface area contributed by atoms with Crippen LogP contribution in [0.3, 0.4) is 0 Å². The summed E-state index contributed by atoms with van der Waals surface area (Å²) >= 11 is 0. The van der Waals surface area contributed by atoms with E-state index >= 15 is 0 Å². The largest absolute Gasteiger partial charge is 0.379 e. The Kier molecular flexibility index (Phi) is 7.70. The molecule has 0 atom stereocenters. The molecule has 6 nitrogen and oxygen atoms in total. The normalized spacial score (nSPS) is 16.6. The topological polar surface area (TPSA) is 68.6 Å². The second-order valence-electron chi connectivity index (χ2n) is 4.59. The van der Waals surface area contributed by atoms with Crippen molar-refractivity contribution in [3.8, 4) is 6.07 Å². The highest BCUT2D eigenvalue weighted by molar-refractivity contribution is 5.97. The van der Waals surface area contributed by atoms with Gasteiger partial charge in [-0.2, -0.15) is 5.26 Å². The highest BCUT2D eigenvalue weighted by Crippen LogP contribution is 1.99. The average molecular weight is 280 g/mol. The number of carbonyl (C=O) groups excluding carboxylic acids is 1. The van der Waals surface area contributed by atoms with Gasteiger partial charge in [0, 0.05) is 45.5 Å². The summed E-state index contributed by atoms with van der Waals surface area (Å²) in [7, 11) is 0. The molecule has 1 rings (SSSR count). The molecule has 0 unspecified atom stereocenters. The molecule has 20 heavy (non-hydrogen) atoms. The van der Waals surface area contributed by atoms with Crippen molar-refractivity contribution in [2.45, 2.75) is 13.8 Å². The zero-order chi connectivity index (χ0) is 14.8. The van der Waals surface area contributed by atoms with E-state index in [0.29, 0.717) is 6.54 Å². The number of morpholine rings is 1. The van der Waals surface area contributed by atoms with E-state index in [1.54, 1.807) is 6.20 Å². The molecular formula is C14H24N4O2. The SMILES string of the molecule is CCN(/C=C(/C#N)C(=O)NCCN1CCOCC1)CC. The predicted molar refractivity (Wildman–Crippen MR) is 76.9 cm³/mol. The van der Waals surface area contributed by atoms with Gasteiger partial charge in [0.05, 0.1) is 13.2 Å². The maximum Gasteiger partial charge on any atom is 0.263 e. The van der Waals surface area contributed by atoms with Gasteiger partial charge in [-0.05, 0) is 13.8 Å². The van der Waals surface area contributed by atoms with Crippen molar-refractivity contribution in [3.63, 3.8) is 0 Å². The minimum atomic E-state index is -0.298. The van der Waals surface area contributed by atoms with Crippen LogP contribution in [0.25, 0.3) is 0 Å². The Morgan fingerprint density at radius 2 is 2.05 bits per heavy atom. The molecule has 0 aromatic carbocycles. The molecule has 0 aromatic rings. The first-order valence-electron chi connectivity index (χ1n) is 7.15. The van der Waals surface area contributed by atoms with Crippen molar-refractivity contribution >= 4 is 5.91 Å². The van der Waals surface area contributed by atoms with E-state index in [-0.39, 0.29) is 11.5 Å². The lowest BCUT2D eigenvalue weighted by Crippen LogP contribution is -2.41. The van der Waals surface area contributed by atoms with E-state index in [1.807, 2.05) is 24.8 Å². The first-order valence-corrected chi connectivity index (χ1v) is 7.15. The fraction of sp³-hybridized carbons (Fsp3) is 0.714. The number of amides is 1. The highest BCUT2D eigenvalue weighted by atomic mass is 16.5. The first-order chi connectivity index (χ1) is 9.71. The van der Waals surface area contributed by atoms with Crippen molar-refractivity contribution in [1.29, 1.82) is 5.26 Å². The van der Waals surface area contributed by atoms with Gasteiger partial charge < -0.3 is 15.0 Å². The molecule has 112 valence electrons. The van der Waals surface area contributed by atoms with Crippen LogP contribution in [-0.2, 0) is 9.53 Å². The summed E-state index contributed by atoms with van der Waals surface area (Å²) < 4.78 is 5.26. The van der Waals surface area contributed by atoms with Crippen LogP contribution in [0.1, 0.15) is 13.8 Å². The third kappa shape index (κ3) is 5.59. The maximum absolute atomic E-state index is 11.9. The van der Waals surface area contributed by atoms with Crippen LogP contribution >= 0.6 is 0 Å². The van der Waals surface area contributed by atoms with Gasteiger partial charge in [0.2, 0.25) is 0 Å². The smallest absolute Gasteiger partial charge is 0.263 e. The minimum absolute atomic E-state index is 0.163. The number of carbonyl (C=O) groups is 1. The van der Waals surface area contributed by atoms with E-state index in [4.69, 9.17) is 10.00 Å². The van der Waals surface area contributed by atoms with Crippen LogP contribution in [0, 0.1) is 11.3 Å². The van der Waals surface area contributed by atoms with E-state index < -0.39 is 0 Å². The molecular weight excluding hydrogens is 256 g/mol. The van der Waals surface area contributed by atoms with Crippen LogP contribution in [-0.4, -0.2) is 68.2 Å². The fourth-order valence-electron chi connectivity index (χ4n) is 1.97. The zero-order valence-corrected chi connectivity index (χ0v) is 12.4. The molecule has 0 aromatic heterocycles. The lowest BCUT2D eigenvalue weighted by molar-refractivity contribution is -0.117. The van der Waals surface area contributed by atoms with Gasteiger partial charge in [0.25, 0.3) is 5.91 Å². The van der Waals surface area contributed by atoms with Gasteiger partial charge in [-0.3, -0.25) is 9.69 Å². The molecule has 6 heteroatoms. The molecule has 1 saturated heterocycles. The summed E-state index contributed by atoms with van der Waals surface area (Å²) in [5.41, 5.74) is 0.163. The van der Waals surface area contributed by atoms with Crippen LogP contribution in [0.4, 0.5) is 0 Å². The average Bonchev–Trinajstić information content (AvgIpc) is 2.49. The van der Waals surface area contributed by atoms with Crippen molar-refractivity contribution in [1.82, 2.24) is 15.1 Å². The Hall–Kier alpha value is -1.58. The Morgan fingerprint density at radius 3 is 2.60 bits per heavy atom. The van der Waals surface area contributed by atoms with E-state index in [1.165, 1.54) is 0 Å². The number of rotatable bonds is 7. The summed E-state index contributed by atoms with van der Waals surface area (Å²) in [6, 6.07) is 1.96. The summed E-state index contributed by atoms with van der Waals surface area (Å²) in [4.78, 5) is 16.1. The molecule has 1 aliphatic heterocycles. The van der Waals surface area contributed by atoms with Gasteiger partial charge >= 0.3 is 0 Å². The van der Waals surface area contributed by atoms with Gasteiger partial charge in [-0.1, -0.05) is 0 Å². The van der Waals surface area contributed by atoms with Gasteiger partial charge in [-0.25, -0.2) is 0 Å². The van der Waals surface area contributed by atoms with Crippen LogP contribution in [0.2, 0.25) is 0 Å². The standard InChI is InChI=1S/C14H24N4O2/c1-3-17(4-2)12-13(11-15)14(19)16-5-6-18-7-9-20-10-8-18/h12H,3-10H2,1-2H3,(H,16,19)/b13-12-. The summed E-state index contributed by atoms with van der Waals surface area (Å²) in [6.45, 7) is 10.2. The molecule has 0 saturated carbocycles. The molecule has 1 heterocycles. The number of hydrogen-bond acceptors (Lipinski definition) is 5. The third-order valence-corrected chi connectivity index (χ3v) is 3.31. The summed E-state index contributed by atoms with van der Waals surface area (Å²) in [6.07, 6.45) is 1.63. The molecule has 1 N–H and O–H groups in total. The van der Waals surface area contributed by atoms with Gasteiger partial charge in [0.1, 0.15) is 11.6 Å². The molecule has 1 fully saturated rings. The molecule has 1 amide bonds. The Morgan fingerprint density at radius 1 is 1.40 bits per heavy atom. The Bertz CT molecular complexity index is 366. The molecule has 0 spiro atoms. The number of nitriles is 1. The number of nitrogens with one attached hydrogen (secondary N) is 1. The third-order valence-electron chi connectivity index (χ3n) is 3.31. The number of hydrogen-bond donors (Lipinski definition) is 1.